The van der Waals surface area contributed by atoms with Crippen molar-refractivity contribution in [3.63, 3.8) is 0 Å². The Morgan fingerprint density at radius 3 is 2.76 bits per heavy atom. The number of likely N-dealkylation sites (N-methyl/N-ethyl adjacent to an activating group) is 1. The van der Waals surface area contributed by atoms with Crippen LogP contribution in [0.4, 0.5) is 17.3 Å². The van der Waals surface area contributed by atoms with Crippen molar-refractivity contribution in [3.8, 4) is 0 Å². The van der Waals surface area contributed by atoms with Crippen LogP contribution in [0.5, 0.6) is 0 Å². The lowest BCUT2D eigenvalue weighted by molar-refractivity contribution is -0.129. The molecule has 2 amide bonds. The topological polar surface area (TPSA) is 81.7 Å². The first-order valence-corrected chi connectivity index (χ1v) is 10.0. The van der Waals surface area contributed by atoms with Crippen LogP contribution in [0.15, 0.2) is 36.7 Å². The van der Waals surface area contributed by atoms with E-state index in [1.807, 2.05) is 23.1 Å². The Hall–Kier alpha value is -2.87. The summed E-state index contributed by atoms with van der Waals surface area (Å²) in [5.41, 5.74) is 0.727. The highest BCUT2D eigenvalue weighted by atomic mass is 35.5. The van der Waals surface area contributed by atoms with E-state index in [0.29, 0.717) is 42.7 Å². The third-order valence-corrected chi connectivity index (χ3v) is 5.66. The van der Waals surface area contributed by atoms with E-state index in [2.05, 4.69) is 15.3 Å². The van der Waals surface area contributed by atoms with E-state index >= 15 is 0 Å². The number of benzene rings is 1. The van der Waals surface area contributed by atoms with Gasteiger partial charge in [-0.1, -0.05) is 23.7 Å². The predicted octanol–water partition coefficient (Wildman–Crippen LogP) is 2.02. The Morgan fingerprint density at radius 2 is 1.97 bits per heavy atom. The standard InChI is InChI=1S/C20H23ClN6O2/c1-25-9-10-26(12-19(25)28)18-11-17(22-13-23-18)24-15-6-4-8-27(20(15)29)16-7-3-2-5-14(16)21/h2-3,5,7,11,13,15H,4,6,8-10,12H2,1H3,(H,22,23,24). The molecule has 2 fully saturated rings. The Balaban J connectivity index is 1.48. The van der Waals surface area contributed by atoms with Crippen molar-refractivity contribution in [1.29, 1.82) is 0 Å². The number of halogens is 1. The number of piperazine rings is 1. The average Bonchev–Trinajstić information content (AvgIpc) is 2.72. The van der Waals surface area contributed by atoms with Crippen molar-refractivity contribution in [2.75, 3.05) is 48.3 Å². The fourth-order valence-electron chi connectivity index (χ4n) is 3.65. The van der Waals surface area contributed by atoms with Gasteiger partial charge in [0.15, 0.2) is 0 Å². The third-order valence-electron chi connectivity index (χ3n) is 5.34. The van der Waals surface area contributed by atoms with E-state index in [1.54, 1.807) is 29.0 Å². The fourth-order valence-corrected chi connectivity index (χ4v) is 3.89. The molecular formula is C20H23ClN6O2. The molecule has 1 unspecified atom stereocenters. The number of hydrogen-bond acceptors (Lipinski definition) is 6. The van der Waals surface area contributed by atoms with Crippen LogP contribution in [0.25, 0.3) is 0 Å². The normalized spacial score (nSPS) is 20.2. The van der Waals surface area contributed by atoms with Gasteiger partial charge in [-0.25, -0.2) is 9.97 Å². The molecule has 29 heavy (non-hydrogen) atoms. The Kier molecular flexibility index (Phi) is 5.53. The highest BCUT2D eigenvalue weighted by Gasteiger charge is 2.31. The van der Waals surface area contributed by atoms with Gasteiger partial charge in [0.05, 0.1) is 17.3 Å². The van der Waals surface area contributed by atoms with Crippen LogP contribution >= 0.6 is 11.6 Å². The van der Waals surface area contributed by atoms with Crippen molar-refractivity contribution in [2.24, 2.45) is 0 Å². The second kappa shape index (κ2) is 8.24. The molecule has 1 atom stereocenters. The Bertz CT molecular complexity index is 923. The highest BCUT2D eigenvalue weighted by Crippen LogP contribution is 2.29. The molecule has 8 nitrogen and oxygen atoms in total. The summed E-state index contributed by atoms with van der Waals surface area (Å²) >= 11 is 6.29. The second-order valence-corrected chi connectivity index (χ2v) is 7.69. The molecule has 2 aromatic rings. The molecule has 3 heterocycles. The van der Waals surface area contributed by atoms with Crippen LogP contribution < -0.4 is 15.1 Å². The summed E-state index contributed by atoms with van der Waals surface area (Å²) in [6, 6.07) is 8.77. The number of carbonyl (C=O) groups excluding carboxylic acids is 2. The van der Waals surface area contributed by atoms with Gasteiger partial charge < -0.3 is 20.0 Å². The highest BCUT2D eigenvalue weighted by molar-refractivity contribution is 6.33. The lowest BCUT2D eigenvalue weighted by atomic mass is 10.0. The van der Waals surface area contributed by atoms with E-state index in [4.69, 9.17) is 11.6 Å². The maximum atomic E-state index is 13.0. The minimum atomic E-state index is -0.392. The number of para-hydroxylation sites is 1. The zero-order valence-corrected chi connectivity index (χ0v) is 17.0. The zero-order valence-electron chi connectivity index (χ0n) is 16.2. The van der Waals surface area contributed by atoms with Gasteiger partial charge in [0, 0.05) is 32.7 Å². The van der Waals surface area contributed by atoms with Crippen molar-refractivity contribution in [1.82, 2.24) is 14.9 Å². The third kappa shape index (κ3) is 4.12. The molecule has 2 aliphatic rings. The maximum absolute atomic E-state index is 13.0. The van der Waals surface area contributed by atoms with E-state index in [0.717, 1.165) is 12.1 Å². The minimum Gasteiger partial charge on any atom is -0.358 e. The van der Waals surface area contributed by atoms with Crippen molar-refractivity contribution >= 4 is 40.7 Å². The quantitative estimate of drug-likeness (QED) is 0.824. The number of piperidine rings is 1. The van der Waals surface area contributed by atoms with E-state index < -0.39 is 6.04 Å². The van der Waals surface area contributed by atoms with Gasteiger partial charge >= 0.3 is 0 Å². The van der Waals surface area contributed by atoms with Gasteiger partial charge in [-0.2, -0.15) is 0 Å². The van der Waals surface area contributed by atoms with Crippen LogP contribution in [0.2, 0.25) is 5.02 Å². The van der Waals surface area contributed by atoms with Gasteiger partial charge in [0.25, 0.3) is 0 Å². The number of rotatable bonds is 4. The number of anilines is 3. The number of nitrogens with one attached hydrogen (secondary N) is 1. The van der Waals surface area contributed by atoms with Crippen LogP contribution in [-0.4, -0.2) is 66.0 Å². The first kappa shape index (κ1) is 19.4. The van der Waals surface area contributed by atoms with E-state index in [9.17, 15) is 9.59 Å². The number of amides is 2. The number of nitrogens with zero attached hydrogens (tertiary/aromatic N) is 5. The molecule has 4 rings (SSSR count). The summed E-state index contributed by atoms with van der Waals surface area (Å²) in [5, 5.41) is 3.80. The molecule has 152 valence electrons. The zero-order chi connectivity index (χ0) is 20.4. The first-order valence-electron chi connectivity index (χ1n) is 9.66. The van der Waals surface area contributed by atoms with Crippen molar-refractivity contribution in [2.45, 2.75) is 18.9 Å². The number of hydrogen-bond donors (Lipinski definition) is 1. The molecule has 0 bridgehead atoms. The average molecular weight is 415 g/mol. The fraction of sp³-hybridized carbons (Fsp3) is 0.400. The molecule has 0 saturated carbocycles. The molecule has 1 N–H and O–H groups in total. The molecule has 1 aromatic heterocycles. The molecule has 0 spiro atoms. The molecule has 0 radical (unpaired) electrons. The number of carbonyl (C=O) groups is 2. The molecule has 2 aliphatic heterocycles. The summed E-state index contributed by atoms with van der Waals surface area (Å²) in [5.74, 6) is 1.28. The summed E-state index contributed by atoms with van der Waals surface area (Å²) in [7, 11) is 1.80. The minimum absolute atomic E-state index is 0.0284. The Morgan fingerprint density at radius 1 is 1.14 bits per heavy atom. The van der Waals surface area contributed by atoms with Crippen LogP contribution in [0.3, 0.4) is 0 Å². The lowest BCUT2D eigenvalue weighted by Gasteiger charge is -2.34. The lowest BCUT2D eigenvalue weighted by Crippen LogP contribution is -2.49. The van der Waals surface area contributed by atoms with Crippen LogP contribution in [0.1, 0.15) is 12.8 Å². The van der Waals surface area contributed by atoms with Gasteiger partial charge in [0.2, 0.25) is 11.8 Å². The SMILES string of the molecule is CN1CCN(c2cc(NC3CCCN(c4ccccc4Cl)C3=O)ncn2)CC1=O. The van der Waals surface area contributed by atoms with Crippen LogP contribution in [-0.2, 0) is 9.59 Å². The van der Waals surface area contributed by atoms with Crippen molar-refractivity contribution < 1.29 is 9.59 Å². The second-order valence-electron chi connectivity index (χ2n) is 7.28. The summed E-state index contributed by atoms with van der Waals surface area (Å²) < 4.78 is 0. The predicted molar refractivity (Wildman–Crippen MR) is 112 cm³/mol. The Labute approximate surface area is 174 Å². The van der Waals surface area contributed by atoms with E-state index in [1.165, 1.54) is 6.33 Å². The maximum Gasteiger partial charge on any atom is 0.249 e. The molecular weight excluding hydrogens is 392 g/mol. The largest absolute Gasteiger partial charge is 0.358 e. The molecule has 1 aromatic carbocycles. The monoisotopic (exact) mass is 414 g/mol. The van der Waals surface area contributed by atoms with Crippen molar-refractivity contribution in [3.05, 3.63) is 41.7 Å². The van der Waals surface area contributed by atoms with E-state index in [-0.39, 0.29) is 18.4 Å². The molecule has 0 aliphatic carbocycles. The molecule has 9 heteroatoms. The van der Waals surface area contributed by atoms with Crippen LogP contribution in [0, 0.1) is 0 Å². The summed E-state index contributed by atoms with van der Waals surface area (Å²) in [6.45, 7) is 2.29. The smallest absolute Gasteiger partial charge is 0.249 e. The molecule has 2 saturated heterocycles. The van der Waals surface area contributed by atoms with Gasteiger partial charge in [-0.3, -0.25) is 9.59 Å². The van der Waals surface area contributed by atoms with Gasteiger partial charge in [-0.05, 0) is 25.0 Å². The number of aromatic nitrogens is 2. The first-order chi connectivity index (χ1) is 14.0. The summed E-state index contributed by atoms with van der Waals surface area (Å²) in [4.78, 5) is 39.0. The summed E-state index contributed by atoms with van der Waals surface area (Å²) in [6.07, 6.45) is 3.03. The van der Waals surface area contributed by atoms with Gasteiger partial charge in [0.1, 0.15) is 24.0 Å². The van der Waals surface area contributed by atoms with Gasteiger partial charge in [-0.15, -0.1) is 0 Å².